The average molecular weight is 206 g/mol. The molecule has 0 aliphatic carbocycles. The van der Waals surface area contributed by atoms with Gasteiger partial charge in [-0.25, -0.2) is 0 Å². The van der Waals surface area contributed by atoms with Crippen LogP contribution in [0.25, 0.3) is 0 Å². The minimum Gasteiger partial charge on any atom is -0.103 e. The SMILES string of the molecule is [CH2]CCCCCC#CCCCCCC[CH2]. The lowest BCUT2D eigenvalue weighted by molar-refractivity contribution is 0.655. The van der Waals surface area contributed by atoms with E-state index in [1.54, 1.807) is 0 Å². The van der Waals surface area contributed by atoms with Gasteiger partial charge in [-0.05, 0) is 12.8 Å². The smallest absolute Gasteiger partial charge is 0.00886 e. The lowest BCUT2D eigenvalue weighted by Gasteiger charge is -1.94. The normalized spacial score (nSPS) is 9.73. The summed E-state index contributed by atoms with van der Waals surface area (Å²) in [5, 5.41) is 0. The molecule has 0 aliphatic rings. The first-order valence-corrected chi connectivity index (χ1v) is 6.46. The van der Waals surface area contributed by atoms with Gasteiger partial charge in [0.1, 0.15) is 0 Å². The molecular weight excluding hydrogens is 180 g/mol. The molecule has 0 heterocycles. The molecule has 0 spiro atoms. The highest BCUT2D eigenvalue weighted by Crippen LogP contribution is 2.04. The molecule has 0 nitrogen and oxygen atoms in total. The third kappa shape index (κ3) is 13.6. The number of hydrogen-bond acceptors (Lipinski definition) is 0. The fraction of sp³-hybridized carbons (Fsp3) is 0.733. The van der Waals surface area contributed by atoms with Gasteiger partial charge < -0.3 is 0 Å². The molecule has 15 heavy (non-hydrogen) atoms. The molecule has 0 bridgehead atoms. The molecule has 0 atom stereocenters. The molecule has 2 radical (unpaired) electrons. The second-order valence-electron chi connectivity index (χ2n) is 4.04. The summed E-state index contributed by atoms with van der Waals surface area (Å²) < 4.78 is 0. The largest absolute Gasteiger partial charge is 0.103 e. The first-order valence-electron chi connectivity index (χ1n) is 6.46. The maximum absolute atomic E-state index is 3.84. The standard InChI is InChI=1S/C15H26/c1-3-5-7-9-11-13-15-14-12-10-8-6-4-2/h1-13H2. The molecule has 0 saturated carbocycles. The topological polar surface area (TPSA) is 0 Å². The number of unbranched alkanes of at least 4 members (excludes halogenated alkanes) is 9. The van der Waals surface area contributed by atoms with Crippen molar-refractivity contribution in [1.29, 1.82) is 0 Å². The molecule has 0 N–H and O–H groups in total. The zero-order chi connectivity index (χ0) is 11.2. The maximum atomic E-state index is 3.84. The molecule has 0 unspecified atom stereocenters. The van der Waals surface area contributed by atoms with Crippen molar-refractivity contribution in [2.75, 3.05) is 0 Å². The summed E-state index contributed by atoms with van der Waals surface area (Å²) in [6, 6.07) is 0. The Labute approximate surface area is 96.8 Å². The third-order valence-electron chi connectivity index (χ3n) is 2.48. The van der Waals surface area contributed by atoms with E-state index in [1.165, 1.54) is 44.9 Å². The second kappa shape index (κ2) is 13.6. The van der Waals surface area contributed by atoms with Crippen molar-refractivity contribution in [3.63, 3.8) is 0 Å². The van der Waals surface area contributed by atoms with Gasteiger partial charge in [0.15, 0.2) is 0 Å². The van der Waals surface area contributed by atoms with Gasteiger partial charge >= 0.3 is 0 Å². The molecule has 0 aromatic carbocycles. The van der Waals surface area contributed by atoms with Crippen LogP contribution in [0.15, 0.2) is 0 Å². The summed E-state index contributed by atoms with van der Waals surface area (Å²) in [6.45, 7) is 7.66. The quantitative estimate of drug-likeness (QED) is 0.370. The van der Waals surface area contributed by atoms with Crippen molar-refractivity contribution in [3.05, 3.63) is 13.8 Å². The van der Waals surface area contributed by atoms with Crippen LogP contribution in [0.3, 0.4) is 0 Å². The average Bonchev–Trinajstić information content (AvgIpc) is 2.26. The van der Waals surface area contributed by atoms with Crippen LogP contribution < -0.4 is 0 Å². The van der Waals surface area contributed by atoms with Crippen LogP contribution in [0, 0.1) is 25.7 Å². The van der Waals surface area contributed by atoms with Crippen LogP contribution >= 0.6 is 0 Å². The summed E-state index contributed by atoms with van der Waals surface area (Å²) in [7, 11) is 0. The fourth-order valence-electron chi connectivity index (χ4n) is 1.49. The molecule has 0 aromatic rings. The van der Waals surface area contributed by atoms with Crippen molar-refractivity contribution in [2.24, 2.45) is 0 Å². The van der Waals surface area contributed by atoms with E-state index < -0.39 is 0 Å². The summed E-state index contributed by atoms with van der Waals surface area (Å²) in [4.78, 5) is 0. The Bertz CT molecular complexity index is 159. The highest BCUT2D eigenvalue weighted by molar-refractivity contribution is 4.98. The number of hydrogen-bond donors (Lipinski definition) is 0. The Morgan fingerprint density at radius 3 is 1.40 bits per heavy atom. The maximum Gasteiger partial charge on any atom is 0.00886 e. The monoisotopic (exact) mass is 206 g/mol. The van der Waals surface area contributed by atoms with Gasteiger partial charge in [0.25, 0.3) is 0 Å². The predicted molar refractivity (Wildman–Crippen MR) is 69.3 cm³/mol. The van der Waals surface area contributed by atoms with E-state index in [0.29, 0.717) is 0 Å². The molecule has 86 valence electrons. The fourth-order valence-corrected chi connectivity index (χ4v) is 1.49. The zero-order valence-electron chi connectivity index (χ0n) is 10.2. The molecule has 0 aromatic heterocycles. The van der Waals surface area contributed by atoms with Crippen LogP contribution in [-0.2, 0) is 0 Å². The summed E-state index contributed by atoms with van der Waals surface area (Å²) in [6.07, 6.45) is 13.3. The van der Waals surface area contributed by atoms with E-state index in [1.807, 2.05) is 0 Å². The van der Waals surface area contributed by atoms with Crippen molar-refractivity contribution >= 4 is 0 Å². The van der Waals surface area contributed by atoms with Gasteiger partial charge in [0, 0.05) is 12.8 Å². The van der Waals surface area contributed by atoms with E-state index in [0.717, 1.165) is 25.7 Å². The van der Waals surface area contributed by atoms with E-state index in [4.69, 9.17) is 0 Å². The minimum absolute atomic E-state index is 1.07. The summed E-state index contributed by atoms with van der Waals surface area (Å²) >= 11 is 0. The summed E-state index contributed by atoms with van der Waals surface area (Å²) in [5.74, 6) is 6.51. The van der Waals surface area contributed by atoms with Crippen molar-refractivity contribution in [3.8, 4) is 11.8 Å². The number of rotatable bonds is 9. The lowest BCUT2D eigenvalue weighted by Crippen LogP contribution is -1.77. The molecular formula is C15H26. The Balaban J connectivity index is 3.03. The van der Waals surface area contributed by atoms with Gasteiger partial charge in [-0.15, -0.1) is 11.8 Å². The van der Waals surface area contributed by atoms with E-state index in [9.17, 15) is 0 Å². The Hall–Kier alpha value is -0.440. The zero-order valence-corrected chi connectivity index (χ0v) is 10.2. The minimum atomic E-state index is 1.07. The van der Waals surface area contributed by atoms with Crippen LogP contribution in [0.4, 0.5) is 0 Å². The van der Waals surface area contributed by atoms with Crippen LogP contribution in [-0.4, -0.2) is 0 Å². The first-order chi connectivity index (χ1) is 7.41. The van der Waals surface area contributed by atoms with Gasteiger partial charge in [-0.3, -0.25) is 0 Å². The second-order valence-corrected chi connectivity index (χ2v) is 4.04. The van der Waals surface area contributed by atoms with E-state index >= 15 is 0 Å². The highest BCUT2D eigenvalue weighted by atomic mass is 13.9. The first kappa shape index (κ1) is 14.6. The predicted octanol–water partition coefficient (Wildman–Crippen LogP) is 4.95. The molecule has 0 saturated heterocycles. The summed E-state index contributed by atoms with van der Waals surface area (Å²) in [5.41, 5.74) is 0. The van der Waals surface area contributed by atoms with Gasteiger partial charge in [-0.2, -0.15) is 0 Å². The van der Waals surface area contributed by atoms with E-state index in [-0.39, 0.29) is 0 Å². The molecule has 0 heteroatoms. The molecule has 0 amide bonds. The Morgan fingerprint density at radius 1 is 0.533 bits per heavy atom. The molecule has 0 fully saturated rings. The van der Waals surface area contributed by atoms with Gasteiger partial charge in [-0.1, -0.05) is 58.8 Å². The van der Waals surface area contributed by atoms with Crippen molar-refractivity contribution < 1.29 is 0 Å². The lowest BCUT2D eigenvalue weighted by atomic mass is 10.1. The van der Waals surface area contributed by atoms with Gasteiger partial charge in [0.05, 0.1) is 0 Å². The van der Waals surface area contributed by atoms with Crippen molar-refractivity contribution in [2.45, 2.75) is 70.6 Å². The Morgan fingerprint density at radius 2 is 0.933 bits per heavy atom. The third-order valence-corrected chi connectivity index (χ3v) is 2.48. The molecule has 0 rings (SSSR count). The van der Waals surface area contributed by atoms with E-state index in [2.05, 4.69) is 25.7 Å². The van der Waals surface area contributed by atoms with Crippen LogP contribution in [0.2, 0.25) is 0 Å². The highest BCUT2D eigenvalue weighted by Gasteiger charge is 1.86. The molecule has 0 aliphatic heterocycles. The Kier molecular flexibility index (Phi) is 13.2. The van der Waals surface area contributed by atoms with Crippen LogP contribution in [0.5, 0.6) is 0 Å². The van der Waals surface area contributed by atoms with Crippen molar-refractivity contribution in [1.82, 2.24) is 0 Å². The van der Waals surface area contributed by atoms with Crippen LogP contribution in [0.1, 0.15) is 70.6 Å². The van der Waals surface area contributed by atoms with Gasteiger partial charge in [0.2, 0.25) is 0 Å².